The van der Waals surface area contributed by atoms with Crippen molar-refractivity contribution in [3.63, 3.8) is 0 Å². The van der Waals surface area contributed by atoms with E-state index in [1.54, 1.807) is 0 Å². The highest BCUT2D eigenvalue weighted by Crippen LogP contribution is 2.29. The Balaban J connectivity index is 2.22. The smallest absolute Gasteiger partial charge is 0.323 e. The van der Waals surface area contributed by atoms with Gasteiger partial charge in [0.2, 0.25) is 0 Å². The van der Waals surface area contributed by atoms with Crippen LogP contribution in [-0.2, 0) is 17.9 Å². The van der Waals surface area contributed by atoms with Gasteiger partial charge in [0, 0.05) is 13.1 Å². The molecule has 1 fully saturated rings. The van der Waals surface area contributed by atoms with Crippen LogP contribution in [0.1, 0.15) is 44.5 Å². The molecule has 5 heteroatoms. The maximum Gasteiger partial charge on any atom is 0.323 e. The SMILES string of the molecule is CCn1nc(C)cc1CN1CCCCC1(C)C(=O)O. The van der Waals surface area contributed by atoms with E-state index in [0.717, 1.165) is 43.7 Å². The second-order valence-electron chi connectivity index (χ2n) is 5.55. The van der Waals surface area contributed by atoms with Crippen molar-refractivity contribution in [2.45, 2.75) is 58.7 Å². The number of aromatic nitrogens is 2. The molecular formula is C14H23N3O2. The predicted octanol–water partition coefficient (Wildman–Crippen LogP) is 2.04. The van der Waals surface area contributed by atoms with Crippen molar-refractivity contribution in [2.75, 3.05) is 6.54 Å². The summed E-state index contributed by atoms with van der Waals surface area (Å²) in [6.07, 6.45) is 2.79. The number of aliphatic carboxylic acids is 1. The first-order valence-corrected chi connectivity index (χ1v) is 6.99. The Morgan fingerprint density at radius 1 is 1.53 bits per heavy atom. The number of nitrogens with zero attached hydrogens (tertiary/aromatic N) is 3. The quantitative estimate of drug-likeness (QED) is 0.905. The second kappa shape index (κ2) is 5.33. The first-order valence-electron chi connectivity index (χ1n) is 6.99. The summed E-state index contributed by atoms with van der Waals surface area (Å²) >= 11 is 0. The fourth-order valence-electron chi connectivity index (χ4n) is 2.87. The summed E-state index contributed by atoms with van der Waals surface area (Å²) < 4.78 is 1.96. The summed E-state index contributed by atoms with van der Waals surface area (Å²) in [5.74, 6) is -0.716. The molecule has 0 spiro atoms. The summed E-state index contributed by atoms with van der Waals surface area (Å²) in [6, 6.07) is 2.06. The van der Waals surface area contributed by atoms with E-state index in [1.807, 2.05) is 18.5 Å². The molecule has 0 aliphatic carbocycles. The van der Waals surface area contributed by atoms with Crippen LogP contribution in [-0.4, -0.2) is 37.8 Å². The fraction of sp³-hybridized carbons (Fsp3) is 0.714. The van der Waals surface area contributed by atoms with Gasteiger partial charge < -0.3 is 5.11 Å². The van der Waals surface area contributed by atoms with E-state index in [-0.39, 0.29) is 0 Å². The van der Waals surface area contributed by atoms with Gasteiger partial charge in [-0.05, 0) is 52.6 Å². The number of carboxylic acids is 1. The van der Waals surface area contributed by atoms with Gasteiger partial charge in [-0.2, -0.15) is 5.10 Å². The normalized spacial score (nSPS) is 24.6. The number of carboxylic acid groups (broad SMARTS) is 1. The molecule has 0 aromatic carbocycles. The van der Waals surface area contributed by atoms with Crippen molar-refractivity contribution in [3.05, 3.63) is 17.5 Å². The zero-order valence-electron chi connectivity index (χ0n) is 12.0. The van der Waals surface area contributed by atoms with Crippen LogP contribution >= 0.6 is 0 Å². The van der Waals surface area contributed by atoms with Gasteiger partial charge in [0.05, 0.1) is 11.4 Å². The van der Waals surface area contributed by atoms with E-state index in [9.17, 15) is 9.90 Å². The molecule has 5 nitrogen and oxygen atoms in total. The summed E-state index contributed by atoms with van der Waals surface area (Å²) in [6.45, 7) is 8.20. The van der Waals surface area contributed by atoms with Crippen molar-refractivity contribution < 1.29 is 9.90 Å². The summed E-state index contributed by atoms with van der Waals surface area (Å²) in [5, 5.41) is 13.9. The van der Waals surface area contributed by atoms with Crippen LogP contribution < -0.4 is 0 Å². The second-order valence-corrected chi connectivity index (χ2v) is 5.55. The average molecular weight is 265 g/mol. The lowest BCUT2D eigenvalue weighted by molar-refractivity contribution is -0.153. The Labute approximate surface area is 114 Å². The van der Waals surface area contributed by atoms with Gasteiger partial charge in [0.1, 0.15) is 5.54 Å². The van der Waals surface area contributed by atoms with E-state index < -0.39 is 11.5 Å². The molecule has 0 amide bonds. The van der Waals surface area contributed by atoms with Crippen LogP contribution in [0.3, 0.4) is 0 Å². The first-order chi connectivity index (χ1) is 8.97. The maximum absolute atomic E-state index is 11.6. The molecule has 0 saturated carbocycles. The van der Waals surface area contributed by atoms with E-state index in [2.05, 4.69) is 23.0 Å². The molecule has 1 unspecified atom stereocenters. The number of aryl methyl sites for hydroxylation is 2. The average Bonchev–Trinajstić information content (AvgIpc) is 2.72. The van der Waals surface area contributed by atoms with Gasteiger partial charge in [0.15, 0.2) is 0 Å². The third kappa shape index (κ3) is 2.66. The molecule has 1 N–H and O–H groups in total. The van der Waals surface area contributed by atoms with Crippen molar-refractivity contribution >= 4 is 5.97 Å². The molecule has 1 saturated heterocycles. The molecule has 1 aliphatic rings. The Bertz CT molecular complexity index is 469. The highest BCUT2D eigenvalue weighted by molar-refractivity contribution is 5.78. The first kappa shape index (κ1) is 14.1. The number of hydrogen-bond donors (Lipinski definition) is 1. The lowest BCUT2D eigenvalue weighted by atomic mass is 9.88. The molecule has 1 atom stereocenters. The molecule has 19 heavy (non-hydrogen) atoms. The monoisotopic (exact) mass is 265 g/mol. The molecular weight excluding hydrogens is 242 g/mol. The van der Waals surface area contributed by atoms with Crippen LogP contribution in [0.15, 0.2) is 6.07 Å². The Morgan fingerprint density at radius 2 is 2.26 bits per heavy atom. The number of likely N-dealkylation sites (tertiary alicyclic amines) is 1. The lowest BCUT2D eigenvalue weighted by Crippen LogP contribution is -2.54. The summed E-state index contributed by atoms with van der Waals surface area (Å²) in [7, 11) is 0. The van der Waals surface area contributed by atoms with E-state index in [1.165, 1.54) is 0 Å². The van der Waals surface area contributed by atoms with Gasteiger partial charge in [-0.1, -0.05) is 0 Å². The molecule has 1 aromatic heterocycles. The zero-order valence-corrected chi connectivity index (χ0v) is 12.0. The number of hydrogen-bond acceptors (Lipinski definition) is 3. The van der Waals surface area contributed by atoms with Gasteiger partial charge in [-0.25, -0.2) is 0 Å². The van der Waals surface area contributed by atoms with Crippen LogP contribution in [0.5, 0.6) is 0 Å². The molecule has 2 rings (SSSR count). The Kier molecular flexibility index (Phi) is 3.94. The van der Waals surface area contributed by atoms with Crippen molar-refractivity contribution in [1.82, 2.24) is 14.7 Å². The topological polar surface area (TPSA) is 58.4 Å². The minimum Gasteiger partial charge on any atom is -0.480 e. The van der Waals surface area contributed by atoms with Crippen LogP contribution in [0.4, 0.5) is 0 Å². The summed E-state index contributed by atoms with van der Waals surface area (Å²) in [5.41, 5.74) is 1.36. The fourth-order valence-corrected chi connectivity index (χ4v) is 2.87. The minimum absolute atomic E-state index is 0.664. The lowest BCUT2D eigenvalue weighted by Gasteiger charge is -2.41. The zero-order chi connectivity index (χ0) is 14.0. The molecule has 0 radical (unpaired) electrons. The molecule has 1 aliphatic heterocycles. The third-order valence-electron chi connectivity index (χ3n) is 4.14. The van der Waals surface area contributed by atoms with Crippen molar-refractivity contribution in [1.29, 1.82) is 0 Å². The van der Waals surface area contributed by atoms with Crippen LogP contribution in [0.25, 0.3) is 0 Å². The number of carbonyl (C=O) groups is 1. The number of rotatable bonds is 4. The largest absolute Gasteiger partial charge is 0.480 e. The molecule has 2 heterocycles. The highest BCUT2D eigenvalue weighted by atomic mass is 16.4. The molecule has 1 aromatic rings. The standard InChI is InChI=1S/C14H23N3O2/c1-4-17-12(9-11(2)15-17)10-16-8-6-5-7-14(16,3)13(18)19/h9H,4-8,10H2,1-3H3,(H,18,19). The Morgan fingerprint density at radius 3 is 2.89 bits per heavy atom. The van der Waals surface area contributed by atoms with Gasteiger partial charge >= 0.3 is 5.97 Å². The van der Waals surface area contributed by atoms with Crippen molar-refractivity contribution in [3.8, 4) is 0 Å². The number of piperidine rings is 1. The van der Waals surface area contributed by atoms with Crippen LogP contribution in [0.2, 0.25) is 0 Å². The summed E-state index contributed by atoms with van der Waals surface area (Å²) in [4.78, 5) is 13.7. The molecule has 0 bridgehead atoms. The van der Waals surface area contributed by atoms with Crippen LogP contribution in [0, 0.1) is 6.92 Å². The van der Waals surface area contributed by atoms with Gasteiger partial charge in [-0.3, -0.25) is 14.4 Å². The minimum atomic E-state index is -0.741. The van der Waals surface area contributed by atoms with E-state index in [4.69, 9.17) is 0 Å². The Hall–Kier alpha value is -1.36. The van der Waals surface area contributed by atoms with Crippen molar-refractivity contribution in [2.24, 2.45) is 0 Å². The predicted molar refractivity (Wildman–Crippen MR) is 72.9 cm³/mol. The van der Waals surface area contributed by atoms with E-state index in [0.29, 0.717) is 6.54 Å². The maximum atomic E-state index is 11.6. The third-order valence-corrected chi connectivity index (χ3v) is 4.14. The highest BCUT2D eigenvalue weighted by Gasteiger charge is 2.41. The van der Waals surface area contributed by atoms with E-state index >= 15 is 0 Å². The molecule has 106 valence electrons. The van der Waals surface area contributed by atoms with Gasteiger partial charge in [0.25, 0.3) is 0 Å². The van der Waals surface area contributed by atoms with Gasteiger partial charge in [-0.15, -0.1) is 0 Å².